The zero-order valence-electron chi connectivity index (χ0n) is 21.9. The van der Waals surface area contributed by atoms with Crippen molar-refractivity contribution in [3.8, 4) is 0 Å². The lowest BCUT2D eigenvalue weighted by molar-refractivity contribution is -0.142. The van der Waals surface area contributed by atoms with Gasteiger partial charge in [0.25, 0.3) is 0 Å². The molecule has 3 N–H and O–H groups in total. The van der Waals surface area contributed by atoms with Gasteiger partial charge in [0, 0.05) is 12.8 Å². The monoisotopic (exact) mass is 556 g/mol. The lowest BCUT2D eigenvalue weighted by Crippen LogP contribution is -2.53. The summed E-state index contributed by atoms with van der Waals surface area (Å²) >= 11 is 0. The minimum Gasteiger partial charge on any atom is -0.480 e. The van der Waals surface area contributed by atoms with Gasteiger partial charge in [0.1, 0.15) is 18.7 Å². The summed E-state index contributed by atoms with van der Waals surface area (Å²) in [7, 11) is 0. The molecule has 2 atom stereocenters. The molecule has 0 heterocycles. The molecule has 12 nitrogen and oxygen atoms in total. The average molecular weight is 557 g/mol. The minimum absolute atomic E-state index is 0.0537. The lowest BCUT2D eigenvalue weighted by Gasteiger charge is -2.21. The largest absolute Gasteiger partial charge is 0.480 e. The van der Waals surface area contributed by atoms with E-state index >= 15 is 0 Å². The molecule has 210 valence electrons. The number of carboxylic acids is 1. The van der Waals surface area contributed by atoms with Gasteiger partial charge in [0.2, 0.25) is 5.91 Å². The number of aliphatic carboxylic acids is 1. The number of ether oxygens (including phenoxy) is 1. The van der Waals surface area contributed by atoms with Crippen LogP contribution in [-0.2, 0) is 38.6 Å². The smallest absolute Gasteiger partial charge is 0.408 e. The van der Waals surface area contributed by atoms with Crippen molar-refractivity contribution in [2.45, 2.75) is 31.5 Å². The van der Waals surface area contributed by atoms with Crippen LogP contribution >= 0.6 is 0 Å². The van der Waals surface area contributed by atoms with Gasteiger partial charge in [-0.1, -0.05) is 91.0 Å². The van der Waals surface area contributed by atoms with Gasteiger partial charge in [-0.3, -0.25) is 9.59 Å². The molecule has 3 aromatic rings. The maximum absolute atomic E-state index is 13.0. The molecule has 3 rings (SSSR count). The molecule has 2 amide bonds. The van der Waals surface area contributed by atoms with Gasteiger partial charge in [0.05, 0.1) is 0 Å². The third-order valence-corrected chi connectivity index (χ3v) is 5.37. The van der Waals surface area contributed by atoms with E-state index in [1.54, 1.807) is 24.3 Å². The summed E-state index contributed by atoms with van der Waals surface area (Å²) in [5, 5.41) is 14.8. The lowest BCUT2D eigenvalue weighted by atomic mass is 10.0. The third-order valence-electron chi connectivity index (χ3n) is 5.37. The second kappa shape index (κ2) is 17.7. The van der Waals surface area contributed by atoms with Crippen LogP contribution in [0.15, 0.2) is 91.0 Å². The van der Waals surface area contributed by atoms with Crippen LogP contribution < -0.4 is 10.6 Å². The highest BCUT2D eigenvalue weighted by Gasteiger charge is 2.27. The van der Waals surface area contributed by atoms with E-state index in [1.165, 1.54) is 0 Å². The summed E-state index contributed by atoms with van der Waals surface area (Å²) in [6, 6.07) is 25.2. The van der Waals surface area contributed by atoms with Crippen LogP contribution in [0, 0.1) is 0 Å². The highest BCUT2D eigenvalue weighted by molar-refractivity contribution is 6.50. The van der Waals surface area contributed by atoms with Crippen molar-refractivity contribution in [2.24, 2.45) is 0 Å². The number of hydrogen-bond donors (Lipinski definition) is 3. The average Bonchev–Trinajstić information content (AvgIpc) is 2.97. The Morgan fingerprint density at radius 2 is 1.15 bits per heavy atom. The number of alkyl carbamates (subject to hydrolysis) is 1. The Balaban J connectivity index is 0.000000642. The van der Waals surface area contributed by atoms with Gasteiger partial charge in [-0.2, -0.15) is 9.58 Å². The highest BCUT2D eigenvalue weighted by atomic mass is 16.5. The van der Waals surface area contributed by atoms with E-state index in [0.717, 1.165) is 16.7 Å². The van der Waals surface area contributed by atoms with Crippen molar-refractivity contribution in [2.75, 3.05) is 0 Å². The van der Waals surface area contributed by atoms with Crippen LogP contribution in [0.1, 0.15) is 16.7 Å². The van der Waals surface area contributed by atoms with E-state index in [0.29, 0.717) is 12.4 Å². The van der Waals surface area contributed by atoms with Crippen LogP contribution in [-0.4, -0.2) is 63.0 Å². The summed E-state index contributed by atoms with van der Waals surface area (Å²) in [5.74, 6) is -2.42. The fourth-order valence-corrected chi connectivity index (χ4v) is 3.44. The standard InChI is InChI=1S/C26H26N2O5.C3H2N4O/c29-24(27-23(25(30)31)17-20-12-6-2-7-13-20)22(16-19-10-4-1-5-11-19)28-26(32)33-18-21-14-8-3-9-15-21;4-6-1-3(8)2-7-5/h1-15,22-23H,16-18H2,(H,27,29)(H,28,32)(H,30,31);1-2H. The topological polar surface area (TPSA) is 195 Å². The summed E-state index contributed by atoms with van der Waals surface area (Å²) < 4.78 is 5.25. The molecular weight excluding hydrogens is 528 g/mol. The maximum Gasteiger partial charge on any atom is 0.408 e. The van der Waals surface area contributed by atoms with E-state index < -0.39 is 35.8 Å². The van der Waals surface area contributed by atoms with Crippen LogP contribution in [0.25, 0.3) is 11.1 Å². The number of amides is 2. The summed E-state index contributed by atoms with van der Waals surface area (Å²) in [5.41, 5.74) is 17.7. The fraction of sp³-hybridized carbons (Fsp3) is 0.172. The molecule has 12 heteroatoms. The molecule has 0 aromatic heterocycles. The zero-order chi connectivity index (χ0) is 29.9. The Labute approximate surface area is 235 Å². The predicted octanol–water partition coefficient (Wildman–Crippen LogP) is 2.49. The molecule has 0 fully saturated rings. The first kappa shape index (κ1) is 31.5. The number of nitrogens with zero attached hydrogens (tertiary/aromatic N) is 4. The first-order chi connectivity index (χ1) is 19.8. The number of hydrogen-bond acceptors (Lipinski definition) is 5. The van der Waals surface area contributed by atoms with Crippen molar-refractivity contribution in [1.82, 2.24) is 10.6 Å². The molecule has 0 aliphatic carbocycles. The van der Waals surface area contributed by atoms with Crippen molar-refractivity contribution in [1.29, 1.82) is 0 Å². The number of rotatable bonds is 12. The van der Waals surface area contributed by atoms with E-state index in [1.807, 2.05) is 66.7 Å². The number of carboxylic acid groups (broad SMARTS) is 1. The molecule has 2 unspecified atom stereocenters. The quantitative estimate of drug-likeness (QED) is 0.174. The number of nitrogens with one attached hydrogen (secondary N) is 2. The van der Waals surface area contributed by atoms with E-state index in [4.69, 9.17) is 15.8 Å². The molecule has 0 saturated heterocycles. The molecule has 0 saturated carbocycles. The second-order valence-electron chi connectivity index (χ2n) is 8.43. The predicted molar refractivity (Wildman–Crippen MR) is 148 cm³/mol. The minimum atomic E-state index is -1.16. The SMILES string of the molecule is O=C(NC(Cc1ccccc1)C(=O)NC(Cc1ccccc1)C(=O)O)OCc1ccccc1.[N-]=[N+]=CC(=O)C=[N+]=[N-]. The molecule has 41 heavy (non-hydrogen) atoms. The highest BCUT2D eigenvalue weighted by Crippen LogP contribution is 2.08. The Morgan fingerprint density at radius 3 is 1.59 bits per heavy atom. The van der Waals surface area contributed by atoms with Crippen molar-refractivity contribution >= 4 is 36.2 Å². The molecular formula is C29H28N6O6. The zero-order valence-corrected chi connectivity index (χ0v) is 21.9. The summed E-state index contributed by atoms with van der Waals surface area (Å²) in [6.45, 7) is 0.0537. The van der Waals surface area contributed by atoms with Gasteiger partial charge in [0.15, 0.2) is 0 Å². The van der Waals surface area contributed by atoms with Crippen molar-refractivity contribution in [3.63, 3.8) is 0 Å². The number of Topliss-reactive ketones (excluding diaryl/α,β-unsaturated/α-hetero) is 1. The van der Waals surface area contributed by atoms with Crippen LogP contribution in [0.5, 0.6) is 0 Å². The van der Waals surface area contributed by atoms with E-state index in [2.05, 4.69) is 20.2 Å². The van der Waals surface area contributed by atoms with Crippen molar-refractivity contribution < 1.29 is 38.6 Å². The van der Waals surface area contributed by atoms with E-state index in [-0.39, 0.29) is 19.4 Å². The van der Waals surface area contributed by atoms with Gasteiger partial charge < -0.3 is 31.5 Å². The Kier molecular flexibility index (Phi) is 13.6. The third kappa shape index (κ3) is 12.6. The van der Waals surface area contributed by atoms with Gasteiger partial charge in [-0.15, -0.1) is 0 Å². The second-order valence-corrected chi connectivity index (χ2v) is 8.43. The number of benzene rings is 3. The first-order valence-corrected chi connectivity index (χ1v) is 12.3. The van der Waals surface area contributed by atoms with Crippen molar-refractivity contribution in [3.05, 3.63) is 119 Å². The van der Waals surface area contributed by atoms with E-state index in [9.17, 15) is 24.3 Å². The molecule has 0 radical (unpaired) electrons. The fourth-order valence-electron chi connectivity index (χ4n) is 3.44. The van der Waals surface area contributed by atoms with Crippen LogP contribution in [0.4, 0.5) is 4.79 Å². The molecule has 3 aromatic carbocycles. The van der Waals surface area contributed by atoms with Crippen LogP contribution in [0.2, 0.25) is 0 Å². The Morgan fingerprint density at radius 1 is 0.707 bits per heavy atom. The molecule has 0 aliphatic rings. The van der Waals surface area contributed by atoms with Crippen LogP contribution in [0.3, 0.4) is 0 Å². The molecule has 0 aliphatic heterocycles. The first-order valence-electron chi connectivity index (χ1n) is 12.3. The number of carbonyl (C=O) groups excluding carboxylic acids is 3. The molecule has 0 spiro atoms. The summed E-state index contributed by atoms with van der Waals surface area (Å²) in [6.07, 6.45) is 0.771. The van der Waals surface area contributed by atoms with Gasteiger partial charge >= 0.3 is 30.3 Å². The summed E-state index contributed by atoms with van der Waals surface area (Å²) in [4.78, 5) is 52.0. The Bertz CT molecular complexity index is 1370. The maximum atomic E-state index is 13.0. The van der Waals surface area contributed by atoms with Gasteiger partial charge in [-0.25, -0.2) is 9.59 Å². The number of ketones is 1. The van der Waals surface area contributed by atoms with Gasteiger partial charge in [-0.05, 0) is 16.7 Å². The number of carbonyl (C=O) groups is 4. The normalized spacial score (nSPS) is 11.0. The Hall–Kier alpha value is -5.70. The molecule has 0 bridgehead atoms.